The molecule has 138 valence electrons. The average molecular weight is 346 g/mol. The fourth-order valence-electron chi connectivity index (χ4n) is 3.40. The molecule has 1 atom stereocenters. The molecule has 1 fully saturated rings. The normalized spacial score (nSPS) is 19.2. The Morgan fingerprint density at radius 3 is 2.48 bits per heavy atom. The van der Waals surface area contributed by atoms with Crippen LogP contribution in [0.5, 0.6) is 0 Å². The van der Waals surface area contributed by atoms with Crippen LogP contribution in [0.3, 0.4) is 0 Å². The van der Waals surface area contributed by atoms with Crippen LogP contribution < -0.4 is 0 Å². The molecule has 1 saturated heterocycles. The number of carbonyl (C=O) groups excluding carboxylic acids is 1. The molecule has 0 bridgehead atoms. The van der Waals surface area contributed by atoms with Gasteiger partial charge in [-0.3, -0.25) is 14.5 Å². The topological polar surface area (TPSA) is 60.9 Å². The van der Waals surface area contributed by atoms with Gasteiger partial charge in [0.2, 0.25) is 5.91 Å². The van der Waals surface area contributed by atoms with Crippen LogP contribution in [0.15, 0.2) is 30.3 Å². The molecule has 0 saturated carbocycles. The molecule has 0 spiro atoms. The van der Waals surface area contributed by atoms with Crippen molar-refractivity contribution in [2.45, 2.75) is 46.1 Å². The van der Waals surface area contributed by atoms with E-state index in [0.29, 0.717) is 13.1 Å². The van der Waals surface area contributed by atoms with Crippen molar-refractivity contribution in [2.75, 3.05) is 26.2 Å². The van der Waals surface area contributed by atoms with Crippen LogP contribution >= 0.6 is 0 Å². The first-order valence-corrected chi connectivity index (χ1v) is 9.05. The standard InChI is InChI=1S/C20H30N2O3/c1-20(2,3)15-22-13-12-21(19(25)17(22)14-18(23)24)11-7-10-16-8-5-4-6-9-16/h4-6,8-9,17H,7,10-15H2,1-3H3,(H,23,24). The average Bonchev–Trinajstić information content (AvgIpc) is 2.52. The minimum atomic E-state index is -0.914. The van der Waals surface area contributed by atoms with Gasteiger partial charge in [-0.2, -0.15) is 0 Å². The maximum Gasteiger partial charge on any atom is 0.305 e. The van der Waals surface area contributed by atoms with E-state index in [4.69, 9.17) is 0 Å². The number of piperazine rings is 1. The molecule has 5 heteroatoms. The number of nitrogens with zero attached hydrogens (tertiary/aromatic N) is 2. The van der Waals surface area contributed by atoms with Crippen LogP contribution in [0.1, 0.15) is 39.2 Å². The second kappa shape index (κ2) is 8.48. The molecule has 1 unspecified atom stereocenters. The number of aliphatic carboxylic acids is 1. The van der Waals surface area contributed by atoms with Crippen LogP contribution in [0.2, 0.25) is 0 Å². The van der Waals surface area contributed by atoms with Crippen molar-refractivity contribution in [1.82, 2.24) is 9.80 Å². The predicted molar refractivity (Wildman–Crippen MR) is 98.4 cm³/mol. The molecule has 1 heterocycles. The molecule has 1 aromatic rings. The van der Waals surface area contributed by atoms with E-state index in [0.717, 1.165) is 25.9 Å². The van der Waals surface area contributed by atoms with Crippen LogP contribution in [0.25, 0.3) is 0 Å². The van der Waals surface area contributed by atoms with Gasteiger partial charge in [-0.05, 0) is 23.8 Å². The van der Waals surface area contributed by atoms with E-state index in [1.807, 2.05) is 28.0 Å². The molecule has 1 N–H and O–H groups in total. The second-order valence-corrected chi connectivity index (χ2v) is 8.06. The third-order valence-corrected chi connectivity index (χ3v) is 4.48. The molecule has 2 rings (SSSR count). The summed E-state index contributed by atoms with van der Waals surface area (Å²) in [6.45, 7) is 9.18. The second-order valence-electron chi connectivity index (χ2n) is 8.06. The number of amides is 1. The molecule has 1 aliphatic heterocycles. The summed E-state index contributed by atoms with van der Waals surface area (Å²) in [5.74, 6) is -0.950. The monoisotopic (exact) mass is 346 g/mol. The van der Waals surface area contributed by atoms with E-state index in [9.17, 15) is 14.7 Å². The van der Waals surface area contributed by atoms with Gasteiger partial charge in [-0.15, -0.1) is 0 Å². The van der Waals surface area contributed by atoms with Gasteiger partial charge in [-0.25, -0.2) is 0 Å². The van der Waals surface area contributed by atoms with Gasteiger partial charge >= 0.3 is 5.97 Å². The quantitative estimate of drug-likeness (QED) is 0.824. The van der Waals surface area contributed by atoms with Gasteiger partial charge in [0.1, 0.15) is 0 Å². The Hall–Kier alpha value is -1.88. The first kappa shape index (κ1) is 19.4. The summed E-state index contributed by atoms with van der Waals surface area (Å²) >= 11 is 0. The summed E-state index contributed by atoms with van der Waals surface area (Å²) in [4.78, 5) is 27.9. The summed E-state index contributed by atoms with van der Waals surface area (Å²) in [6, 6.07) is 9.69. The zero-order valence-electron chi connectivity index (χ0n) is 15.6. The van der Waals surface area contributed by atoms with Gasteiger partial charge in [0.15, 0.2) is 0 Å². The number of aryl methyl sites for hydroxylation is 1. The molecular weight excluding hydrogens is 316 g/mol. The maximum atomic E-state index is 12.8. The van der Waals surface area contributed by atoms with E-state index in [2.05, 4.69) is 32.9 Å². The van der Waals surface area contributed by atoms with Crippen molar-refractivity contribution in [3.63, 3.8) is 0 Å². The molecule has 1 aliphatic rings. The highest BCUT2D eigenvalue weighted by atomic mass is 16.4. The lowest BCUT2D eigenvalue weighted by Crippen LogP contribution is -2.59. The molecule has 0 aliphatic carbocycles. The summed E-state index contributed by atoms with van der Waals surface area (Å²) in [5.41, 5.74) is 1.30. The van der Waals surface area contributed by atoms with Crippen molar-refractivity contribution in [2.24, 2.45) is 5.41 Å². The molecule has 1 aromatic carbocycles. The van der Waals surface area contributed by atoms with E-state index in [1.165, 1.54) is 5.56 Å². The van der Waals surface area contributed by atoms with Gasteiger partial charge in [0.05, 0.1) is 12.5 Å². The van der Waals surface area contributed by atoms with E-state index in [-0.39, 0.29) is 17.7 Å². The zero-order chi connectivity index (χ0) is 18.4. The van der Waals surface area contributed by atoms with Gasteiger partial charge < -0.3 is 10.0 Å². The predicted octanol–water partition coefficient (Wildman–Crippen LogP) is 2.65. The molecular formula is C20H30N2O3. The largest absolute Gasteiger partial charge is 0.481 e. The van der Waals surface area contributed by atoms with E-state index >= 15 is 0 Å². The maximum absolute atomic E-state index is 12.8. The van der Waals surface area contributed by atoms with Crippen molar-refractivity contribution >= 4 is 11.9 Å². The zero-order valence-corrected chi connectivity index (χ0v) is 15.6. The highest BCUT2D eigenvalue weighted by Gasteiger charge is 2.37. The van der Waals surface area contributed by atoms with E-state index < -0.39 is 12.0 Å². The lowest BCUT2D eigenvalue weighted by atomic mass is 9.93. The summed E-state index contributed by atoms with van der Waals surface area (Å²) < 4.78 is 0. The minimum Gasteiger partial charge on any atom is -0.481 e. The van der Waals surface area contributed by atoms with Crippen LogP contribution in [0.4, 0.5) is 0 Å². The number of carbonyl (C=O) groups is 2. The minimum absolute atomic E-state index is 0.0342. The van der Waals surface area contributed by atoms with Gasteiger partial charge in [0, 0.05) is 26.2 Å². The molecule has 5 nitrogen and oxygen atoms in total. The van der Waals surface area contributed by atoms with Gasteiger partial charge in [-0.1, -0.05) is 51.1 Å². The Labute approximate surface area is 150 Å². The Balaban J connectivity index is 1.95. The van der Waals surface area contributed by atoms with Crippen molar-refractivity contribution in [3.8, 4) is 0 Å². The third-order valence-electron chi connectivity index (χ3n) is 4.48. The van der Waals surface area contributed by atoms with Crippen LogP contribution in [-0.2, 0) is 16.0 Å². The van der Waals surface area contributed by atoms with Gasteiger partial charge in [0.25, 0.3) is 0 Å². The lowest BCUT2D eigenvalue weighted by Gasteiger charge is -2.42. The number of carboxylic acids is 1. The van der Waals surface area contributed by atoms with Crippen LogP contribution in [-0.4, -0.2) is 59.0 Å². The highest BCUT2D eigenvalue weighted by Crippen LogP contribution is 2.22. The van der Waals surface area contributed by atoms with Crippen molar-refractivity contribution < 1.29 is 14.7 Å². The molecule has 0 aromatic heterocycles. The summed E-state index contributed by atoms with van der Waals surface area (Å²) in [5, 5.41) is 9.21. The Kier molecular flexibility index (Phi) is 6.59. The first-order chi connectivity index (χ1) is 11.8. The van der Waals surface area contributed by atoms with Crippen molar-refractivity contribution in [3.05, 3.63) is 35.9 Å². The fourth-order valence-corrected chi connectivity index (χ4v) is 3.40. The van der Waals surface area contributed by atoms with Crippen LogP contribution in [0, 0.1) is 5.41 Å². The highest BCUT2D eigenvalue weighted by molar-refractivity contribution is 5.86. The number of rotatable bonds is 7. The number of hydrogen-bond donors (Lipinski definition) is 1. The molecule has 1 amide bonds. The third kappa shape index (κ3) is 6.16. The molecule has 0 radical (unpaired) electrons. The summed E-state index contributed by atoms with van der Waals surface area (Å²) in [7, 11) is 0. The molecule has 25 heavy (non-hydrogen) atoms. The van der Waals surface area contributed by atoms with E-state index in [1.54, 1.807) is 0 Å². The fraction of sp³-hybridized carbons (Fsp3) is 0.600. The Morgan fingerprint density at radius 2 is 1.88 bits per heavy atom. The summed E-state index contributed by atoms with van der Waals surface area (Å²) in [6.07, 6.45) is 1.71. The SMILES string of the molecule is CC(C)(C)CN1CCN(CCCc2ccccc2)C(=O)C1CC(=O)O. The number of hydrogen-bond acceptors (Lipinski definition) is 3. The Morgan fingerprint density at radius 1 is 1.20 bits per heavy atom. The lowest BCUT2D eigenvalue weighted by molar-refractivity contribution is -0.150. The van der Waals surface area contributed by atoms with Crippen molar-refractivity contribution in [1.29, 1.82) is 0 Å². The Bertz CT molecular complexity index is 580. The number of benzene rings is 1. The number of carboxylic acid groups (broad SMARTS) is 1. The first-order valence-electron chi connectivity index (χ1n) is 9.05. The smallest absolute Gasteiger partial charge is 0.305 e.